The number of nitrogens with one attached hydrogen (secondary N) is 1. The van der Waals surface area contributed by atoms with Crippen molar-refractivity contribution in [2.24, 2.45) is 5.92 Å². The maximum absolute atomic E-state index is 14.1. The summed E-state index contributed by atoms with van der Waals surface area (Å²) in [4.78, 5) is 27.9. The van der Waals surface area contributed by atoms with Crippen molar-refractivity contribution >= 4 is 17.6 Å². The fraction of sp³-hybridized carbons (Fsp3) is 0.556. The van der Waals surface area contributed by atoms with E-state index in [2.05, 4.69) is 5.32 Å². The topological polar surface area (TPSA) is 52.7 Å². The number of benzene rings is 1. The molecule has 1 aliphatic carbocycles. The van der Waals surface area contributed by atoms with Crippen molar-refractivity contribution in [3.8, 4) is 0 Å². The van der Waals surface area contributed by atoms with Crippen LogP contribution in [-0.4, -0.2) is 48.4 Å². The molecule has 2 aliphatic rings. The summed E-state index contributed by atoms with van der Waals surface area (Å²) in [7, 11) is 3.27. The lowest BCUT2D eigenvalue weighted by atomic mass is 9.92. The fourth-order valence-electron chi connectivity index (χ4n) is 3.91. The summed E-state index contributed by atoms with van der Waals surface area (Å²) in [6.07, 6.45) is 5.53. The summed E-state index contributed by atoms with van der Waals surface area (Å²) in [6, 6.07) is 4.07. The van der Waals surface area contributed by atoms with Gasteiger partial charge in [0.25, 0.3) is 5.91 Å². The van der Waals surface area contributed by atoms with Crippen LogP contribution in [0.5, 0.6) is 0 Å². The molecule has 0 spiro atoms. The fourth-order valence-corrected chi connectivity index (χ4v) is 3.91. The summed E-state index contributed by atoms with van der Waals surface area (Å²) in [5.74, 6) is -0.172. The Morgan fingerprint density at radius 1 is 1.21 bits per heavy atom. The van der Waals surface area contributed by atoms with Crippen molar-refractivity contribution < 1.29 is 14.0 Å². The first-order valence-corrected chi connectivity index (χ1v) is 8.56. The number of fused-ring (bicyclic) bond motifs is 1. The van der Waals surface area contributed by atoms with Gasteiger partial charge in [0, 0.05) is 32.2 Å². The summed E-state index contributed by atoms with van der Waals surface area (Å²) >= 11 is 0. The van der Waals surface area contributed by atoms with Crippen molar-refractivity contribution in [2.75, 3.05) is 26.0 Å². The first kappa shape index (κ1) is 16.7. The summed E-state index contributed by atoms with van der Waals surface area (Å²) in [5.41, 5.74) is 0.418. The van der Waals surface area contributed by atoms with Crippen LogP contribution in [0.3, 0.4) is 0 Å². The van der Waals surface area contributed by atoms with Crippen LogP contribution in [0.15, 0.2) is 18.2 Å². The molecule has 2 atom stereocenters. The van der Waals surface area contributed by atoms with Gasteiger partial charge in [-0.25, -0.2) is 9.18 Å². The van der Waals surface area contributed by atoms with Gasteiger partial charge in [0.1, 0.15) is 5.82 Å². The Morgan fingerprint density at radius 3 is 2.71 bits per heavy atom. The van der Waals surface area contributed by atoms with Crippen LogP contribution < -0.4 is 5.32 Å². The van der Waals surface area contributed by atoms with Crippen molar-refractivity contribution in [3.63, 3.8) is 0 Å². The second-order valence-corrected chi connectivity index (χ2v) is 6.92. The molecule has 2 fully saturated rings. The van der Waals surface area contributed by atoms with Gasteiger partial charge in [0.05, 0.1) is 5.69 Å². The van der Waals surface area contributed by atoms with Gasteiger partial charge >= 0.3 is 6.03 Å². The largest absolute Gasteiger partial charge is 0.345 e. The first-order valence-electron chi connectivity index (χ1n) is 8.56. The van der Waals surface area contributed by atoms with Gasteiger partial charge in [-0.05, 0) is 49.8 Å². The number of carbonyl (C=O) groups excluding carboxylic acids is 2. The molecular weight excluding hydrogens is 309 g/mol. The highest BCUT2D eigenvalue weighted by Crippen LogP contribution is 2.37. The van der Waals surface area contributed by atoms with Crippen molar-refractivity contribution in [2.45, 2.75) is 38.1 Å². The second-order valence-electron chi connectivity index (χ2n) is 6.92. The van der Waals surface area contributed by atoms with Gasteiger partial charge in [-0.3, -0.25) is 4.79 Å². The van der Waals surface area contributed by atoms with Crippen LogP contribution in [0.25, 0.3) is 0 Å². The number of anilines is 1. The molecule has 0 aromatic heterocycles. The first-order chi connectivity index (χ1) is 11.5. The van der Waals surface area contributed by atoms with E-state index in [0.29, 0.717) is 18.0 Å². The van der Waals surface area contributed by atoms with Crippen LogP contribution in [0.1, 0.15) is 42.5 Å². The average Bonchev–Trinajstić information content (AvgIpc) is 3.04. The summed E-state index contributed by atoms with van der Waals surface area (Å²) in [6.45, 7) is 0.713. The van der Waals surface area contributed by atoms with E-state index >= 15 is 0 Å². The quantitative estimate of drug-likeness (QED) is 0.902. The number of carbonyl (C=O) groups is 2. The maximum atomic E-state index is 14.1. The van der Waals surface area contributed by atoms with E-state index in [9.17, 15) is 14.0 Å². The monoisotopic (exact) mass is 333 g/mol. The molecule has 0 radical (unpaired) electrons. The van der Waals surface area contributed by atoms with Gasteiger partial charge in [0.2, 0.25) is 0 Å². The van der Waals surface area contributed by atoms with Crippen LogP contribution >= 0.6 is 0 Å². The highest BCUT2D eigenvalue weighted by molar-refractivity contribution is 5.96. The molecule has 3 rings (SSSR count). The summed E-state index contributed by atoms with van der Waals surface area (Å²) < 4.78 is 14.1. The van der Waals surface area contributed by atoms with Crippen LogP contribution in [-0.2, 0) is 0 Å². The van der Waals surface area contributed by atoms with Gasteiger partial charge in [-0.15, -0.1) is 0 Å². The molecule has 0 bridgehead atoms. The van der Waals surface area contributed by atoms with Gasteiger partial charge in [-0.2, -0.15) is 0 Å². The number of halogens is 1. The van der Waals surface area contributed by atoms with Crippen molar-refractivity contribution in [1.82, 2.24) is 9.80 Å². The highest BCUT2D eigenvalue weighted by Gasteiger charge is 2.37. The number of nitrogens with zero attached hydrogens (tertiary/aromatic N) is 2. The third kappa shape index (κ3) is 3.23. The molecule has 1 aromatic carbocycles. The third-order valence-corrected chi connectivity index (χ3v) is 5.12. The standard InChI is InChI=1S/C18H24FN3O2/c1-21(2)17(23)13-8-9-14(19)15(11-13)20-18(24)22-10-4-6-12-5-3-7-16(12)22/h8-9,11-12,16H,3-7,10H2,1-2H3,(H,20,24). The average molecular weight is 333 g/mol. The minimum atomic E-state index is -0.529. The Labute approximate surface area is 141 Å². The number of urea groups is 1. The maximum Gasteiger partial charge on any atom is 0.322 e. The zero-order chi connectivity index (χ0) is 17.3. The molecule has 1 aliphatic heterocycles. The minimum Gasteiger partial charge on any atom is -0.345 e. The lowest BCUT2D eigenvalue weighted by Crippen LogP contribution is -2.48. The van der Waals surface area contributed by atoms with Crippen LogP contribution in [0.4, 0.5) is 14.9 Å². The SMILES string of the molecule is CN(C)C(=O)c1ccc(F)c(NC(=O)N2CCCC3CCCC32)c1. The molecule has 1 N–H and O–H groups in total. The van der Waals surface area contributed by atoms with Crippen molar-refractivity contribution in [1.29, 1.82) is 0 Å². The van der Waals surface area contributed by atoms with E-state index in [1.807, 2.05) is 4.90 Å². The molecule has 3 amide bonds. The molecule has 130 valence electrons. The van der Waals surface area contributed by atoms with E-state index in [1.54, 1.807) is 14.1 Å². The molecule has 2 unspecified atom stereocenters. The number of amides is 3. The predicted octanol–water partition coefficient (Wildman–Crippen LogP) is 3.32. The number of piperidine rings is 1. The number of rotatable bonds is 2. The van der Waals surface area contributed by atoms with Gasteiger partial charge in [0.15, 0.2) is 0 Å². The Bertz CT molecular complexity index is 647. The predicted molar refractivity (Wildman–Crippen MR) is 90.5 cm³/mol. The number of hydrogen-bond acceptors (Lipinski definition) is 2. The molecule has 6 heteroatoms. The van der Waals surface area contributed by atoms with Gasteiger partial charge < -0.3 is 15.1 Å². The highest BCUT2D eigenvalue weighted by atomic mass is 19.1. The minimum absolute atomic E-state index is 0.0628. The van der Waals surface area contributed by atoms with E-state index in [0.717, 1.165) is 19.3 Å². The van der Waals surface area contributed by atoms with E-state index in [-0.39, 0.29) is 23.7 Å². The zero-order valence-corrected chi connectivity index (χ0v) is 14.2. The molecule has 1 aromatic rings. The van der Waals surface area contributed by atoms with Crippen LogP contribution in [0, 0.1) is 11.7 Å². The third-order valence-electron chi connectivity index (χ3n) is 5.12. The number of likely N-dealkylation sites (tertiary alicyclic amines) is 1. The van der Waals surface area contributed by atoms with Crippen molar-refractivity contribution in [3.05, 3.63) is 29.6 Å². The van der Waals surface area contributed by atoms with E-state index in [4.69, 9.17) is 0 Å². The van der Waals surface area contributed by atoms with E-state index < -0.39 is 5.82 Å². The normalized spacial score (nSPS) is 22.9. The summed E-state index contributed by atoms with van der Waals surface area (Å²) in [5, 5.41) is 2.67. The number of hydrogen-bond donors (Lipinski definition) is 1. The Balaban J connectivity index is 1.76. The second kappa shape index (κ2) is 6.79. The molecule has 1 saturated heterocycles. The molecular formula is C18H24FN3O2. The smallest absolute Gasteiger partial charge is 0.322 e. The van der Waals surface area contributed by atoms with Crippen LogP contribution in [0.2, 0.25) is 0 Å². The molecule has 24 heavy (non-hydrogen) atoms. The molecule has 1 saturated carbocycles. The lowest BCUT2D eigenvalue weighted by molar-refractivity contribution is 0.0827. The Morgan fingerprint density at radius 2 is 1.96 bits per heavy atom. The zero-order valence-electron chi connectivity index (χ0n) is 14.2. The Kier molecular flexibility index (Phi) is 4.73. The lowest BCUT2D eigenvalue weighted by Gasteiger charge is -2.37. The molecule has 1 heterocycles. The van der Waals surface area contributed by atoms with Gasteiger partial charge in [-0.1, -0.05) is 6.42 Å². The Hall–Kier alpha value is -2.11. The van der Waals surface area contributed by atoms with E-state index in [1.165, 1.54) is 35.9 Å². The molecule has 5 nitrogen and oxygen atoms in total.